The fourth-order valence-electron chi connectivity index (χ4n) is 16.7. The van der Waals surface area contributed by atoms with Gasteiger partial charge in [-0.15, -0.1) is 0 Å². The molecule has 8 nitrogen and oxygen atoms in total. The molecule has 0 aliphatic rings. The summed E-state index contributed by atoms with van der Waals surface area (Å²) in [6.07, 6.45) is 0. The van der Waals surface area contributed by atoms with Crippen LogP contribution in [0.25, 0.3) is 212 Å². The predicted octanol–water partition coefficient (Wildman–Crippen LogP) is 29.3. The Hall–Kier alpha value is -16.4. The smallest absolute Gasteiger partial charge is 0.164 e. The quantitative estimate of drug-likeness (QED) is 0.0958. The molecule has 0 fully saturated rings. The fourth-order valence-corrected chi connectivity index (χ4v) is 16.7. The molecular formula is C114H76N8. The van der Waals surface area contributed by atoms with Gasteiger partial charge >= 0.3 is 0 Å². The highest BCUT2D eigenvalue weighted by Gasteiger charge is 2.20. The number of hydrogen-bond acceptors (Lipinski definition) is 6. The lowest BCUT2D eigenvalue weighted by Crippen LogP contribution is -2.00. The highest BCUT2D eigenvalue weighted by Crippen LogP contribution is 2.41. The summed E-state index contributed by atoms with van der Waals surface area (Å²) in [4.78, 5) is 30.1. The normalized spacial score (nSPS) is 11.3. The van der Waals surface area contributed by atoms with E-state index in [0.29, 0.717) is 34.9 Å². The monoisotopic (exact) mass is 1560 g/mol. The van der Waals surface area contributed by atoms with Gasteiger partial charge < -0.3 is 9.13 Å². The second kappa shape index (κ2) is 32.6. The third kappa shape index (κ3) is 14.8. The van der Waals surface area contributed by atoms with Gasteiger partial charge in [-0.3, -0.25) is 0 Å². The summed E-state index contributed by atoms with van der Waals surface area (Å²) in [7, 11) is 0. The maximum Gasteiger partial charge on any atom is 0.164 e. The Balaban J connectivity index is 0.000000150. The molecule has 0 bridgehead atoms. The van der Waals surface area contributed by atoms with Gasteiger partial charge in [0.15, 0.2) is 34.9 Å². The molecule has 0 saturated heterocycles. The maximum absolute atomic E-state index is 5.09. The average molecular weight is 1560 g/mol. The Bertz CT molecular complexity index is 7530. The van der Waals surface area contributed by atoms with Crippen LogP contribution in [0.5, 0.6) is 0 Å². The van der Waals surface area contributed by atoms with Crippen molar-refractivity contribution in [2.75, 3.05) is 0 Å². The van der Waals surface area contributed by atoms with Crippen molar-refractivity contribution < 1.29 is 0 Å². The Labute approximate surface area is 707 Å². The number of para-hydroxylation sites is 2. The zero-order valence-electron chi connectivity index (χ0n) is 66.5. The van der Waals surface area contributed by atoms with Crippen molar-refractivity contribution in [3.8, 4) is 169 Å². The van der Waals surface area contributed by atoms with E-state index in [1.165, 1.54) is 88.1 Å². The van der Waals surface area contributed by atoms with Crippen molar-refractivity contribution in [3.63, 3.8) is 0 Å². The molecule has 18 aromatic carbocycles. The molecule has 0 atom stereocenters. The number of benzene rings is 18. The molecular weight excluding hydrogens is 1480 g/mol. The molecule has 0 amide bonds. The highest BCUT2D eigenvalue weighted by atomic mass is 15.0. The third-order valence-corrected chi connectivity index (χ3v) is 23.0. The van der Waals surface area contributed by atoms with E-state index < -0.39 is 0 Å². The Kier molecular flexibility index (Phi) is 19.6. The molecule has 22 rings (SSSR count). The van der Waals surface area contributed by atoms with Crippen LogP contribution in [-0.2, 0) is 0 Å². The molecule has 4 aromatic heterocycles. The zero-order chi connectivity index (χ0) is 81.1. The summed E-state index contributed by atoms with van der Waals surface area (Å²) >= 11 is 0. The van der Waals surface area contributed by atoms with Gasteiger partial charge in [0, 0.05) is 66.3 Å². The lowest BCUT2D eigenvalue weighted by atomic mass is 9.98. The Morgan fingerprint density at radius 2 is 0.295 bits per heavy atom. The Morgan fingerprint density at radius 3 is 0.607 bits per heavy atom. The molecule has 0 radical (unpaired) electrons. The van der Waals surface area contributed by atoms with E-state index in [-0.39, 0.29) is 0 Å². The van der Waals surface area contributed by atoms with Crippen LogP contribution in [0.1, 0.15) is 0 Å². The topological polar surface area (TPSA) is 87.2 Å². The van der Waals surface area contributed by atoms with Crippen molar-refractivity contribution in [2.45, 2.75) is 0 Å². The van der Waals surface area contributed by atoms with E-state index >= 15 is 0 Å². The molecule has 0 spiro atoms. The number of aromatic nitrogens is 8. The first-order valence-electron chi connectivity index (χ1n) is 41.2. The maximum atomic E-state index is 5.09. The Morgan fingerprint density at radius 1 is 0.115 bits per heavy atom. The molecule has 4 heterocycles. The van der Waals surface area contributed by atoms with Gasteiger partial charge in [-0.1, -0.05) is 382 Å². The van der Waals surface area contributed by atoms with E-state index in [4.69, 9.17) is 29.9 Å². The minimum atomic E-state index is 0.629. The molecule has 22 aromatic rings. The molecule has 0 aliphatic carbocycles. The lowest BCUT2D eigenvalue weighted by molar-refractivity contribution is 1.07. The van der Waals surface area contributed by atoms with Gasteiger partial charge in [0.2, 0.25) is 0 Å². The van der Waals surface area contributed by atoms with Gasteiger partial charge in [0.1, 0.15) is 0 Å². The largest absolute Gasteiger partial charge is 0.309 e. The van der Waals surface area contributed by atoms with Crippen LogP contribution < -0.4 is 0 Å². The molecule has 572 valence electrons. The van der Waals surface area contributed by atoms with Gasteiger partial charge in [-0.25, -0.2) is 29.9 Å². The summed E-state index contributed by atoms with van der Waals surface area (Å²) < 4.78 is 4.73. The molecule has 0 N–H and O–H groups in total. The van der Waals surface area contributed by atoms with Gasteiger partial charge in [0.05, 0.1) is 22.1 Å². The minimum Gasteiger partial charge on any atom is -0.309 e. The molecule has 0 saturated carbocycles. The van der Waals surface area contributed by atoms with Crippen LogP contribution in [0.4, 0.5) is 0 Å². The number of fused-ring (bicyclic) bond motifs is 6. The van der Waals surface area contributed by atoms with Crippen molar-refractivity contribution in [3.05, 3.63) is 461 Å². The van der Waals surface area contributed by atoms with E-state index in [0.717, 1.165) is 89.3 Å². The number of nitrogens with zero attached hydrogens (tertiary/aromatic N) is 8. The second-order valence-electron chi connectivity index (χ2n) is 30.5. The average Bonchev–Trinajstić information content (AvgIpc) is 1.60. The standard InChI is InChI=1S/2C57H38N4/c1-4-14-39(15-5-1)45-20-12-21-46(36-45)47-22-13-23-49(37-47)57-59-55(43-18-8-3-9-19-43)58-56(60-57)44-28-26-41(27-29-44)42-30-33-50(34-31-42)61-53-25-11-10-24-51(53)52-38-48(32-35-54(52)61)40-16-6-2-7-17-40;1-4-13-39(14-5-1)47-19-12-20-48(37-47)43-25-29-46(30-26-43)57-59-55(44-17-8-3-9-18-44)58-56(60-57)45-27-23-41(24-28-45)42-31-34-50(35-32-42)61-53-22-11-10-21-51(53)52-38-49(33-36-54(52)61)40-15-6-2-7-16-40/h2*1-38H. The van der Waals surface area contributed by atoms with E-state index in [9.17, 15) is 0 Å². The number of rotatable bonds is 16. The third-order valence-electron chi connectivity index (χ3n) is 23.0. The second-order valence-corrected chi connectivity index (χ2v) is 30.5. The first kappa shape index (κ1) is 73.2. The van der Waals surface area contributed by atoms with Crippen molar-refractivity contribution in [1.29, 1.82) is 0 Å². The van der Waals surface area contributed by atoms with Crippen molar-refractivity contribution >= 4 is 43.6 Å². The highest BCUT2D eigenvalue weighted by molar-refractivity contribution is 6.12. The first-order chi connectivity index (χ1) is 60.4. The fraction of sp³-hybridized carbons (Fsp3) is 0. The summed E-state index contributed by atoms with van der Waals surface area (Å²) in [6.45, 7) is 0. The van der Waals surface area contributed by atoms with Crippen molar-refractivity contribution in [2.24, 2.45) is 0 Å². The van der Waals surface area contributed by atoms with Gasteiger partial charge in [0.25, 0.3) is 0 Å². The van der Waals surface area contributed by atoms with E-state index in [2.05, 4.69) is 397 Å². The van der Waals surface area contributed by atoms with Crippen LogP contribution in [-0.4, -0.2) is 39.0 Å². The van der Waals surface area contributed by atoms with Crippen molar-refractivity contribution in [1.82, 2.24) is 39.0 Å². The summed E-state index contributed by atoms with van der Waals surface area (Å²) in [5, 5.41) is 4.98. The molecule has 0 aliphatic heterocycles. The predicted molar refractivity (Wildman–Crippen MR) is 504 cm³/mol. The summed E-state index contributed by atoms with van der Waals surface area (Å²) in [5.74, 6) is 3.80. The lowest BCUT2D eigenvalue weighted by Gasteiger charge is -2.11. The van der Waals surface area contributed by atoms with Crippen LogP contribution in [0.2, 0.25) is 0 Å². The summed E-state index contributed by atoms with van der Waals surface area (Å²) in [5.41, 5.74) is 31.3. The van der Waals surface area contributed by atoms with Crippen LogP contribution >= 0.6 is 0 Å². The van der Waals surface area contributed by atoms with Crippen LogP contribution in [0.15, 0.2) is 461 Å². The SMILES string of the molecule is c1ccc(-c2cccc(-c3ccc(-c4nc(-c5ccccc5)nc(-c5ccc(-c6ccc(-n7c8ccccc8c8cc(-c9ccccc9)ccc87)cc6)cc5)n4)cc3)c2)cc1.c1ccc(-c2cccc(-c3cccc(-c4nc(-c5ccccc5)nc(-c5ccc(-c6ccc(-n7c8ccccc8c8cc(-c9ccccc9)ccc87)cc6)cc5)n4)c3)c2)cc1. The molecule has 0 unspecified atom stereocenters. The molecule has 122 heavy (non-hydrogen) atoms. The van der Waals surface area contributed by atoms with Gasteiger partial charge in [-0.05, 0) is 168 Å². The van der Waals surface area contributed by atoms with Gasteiger partial charge in [-0.2, -0.15) is 0 Å². The zero-order valence-corrected chi connectivity index (χ0v) is 66.5. The van der Waals surface area contributed by atoms with E-state index in [1.807, 2.05) is 72.8 Å². The van der Waals surface area contributed by atoms with E-state index in [1.54, 1.807) is 0 Å². The van der Waals surface area contributed by atoms with Crippen LogP contribution in [0.3, 0.4) is 0 Å². The number of hydrogen-bond donors (Lipinski definition) is 0. The minimum absolute atomic E-state index is 0.629. The molecule has 8 heteroatoms. The van der Waals surface area contributed by atoms with Crippen LogP contribution in [0, 0.1) is 0 Å². The first-order valence-corrected chi connectivity index (χ1v) is 41.2. The summed E-state index contributed by atoms with van der Waals surface area (Å²) in [6, 6.07) is 162.